The third kappa shape index (κ3) is 4.76. The van der Waals surface area contributed by atoms with Crippen LogP contribution in [0.1, 0.15) is 37.5 Å². The monoisotopic (exact) mass is 315 g/mol. The van der Waals surface area contributed by atoms with Crippen LogP contribution in [-0.2, 0) is 16.0 Å². The predicted octanol–water partition coefficient (Wildman–Crippen LogP) is 3.66. The van der Waals surface area contributed by atoms with Gasteiger partial charge in [0.25, 0.3) is 0 Å². The van der Waals surface area contributed by atoms with Gasteiger partial charge in [-0.2, -0.15) is 0 Å². The normalized spacial score (nSPS) is 22.7. The number of thiophene rings is 1. The average Bonchev–Trinajstić information content (AvgIpc) is 2.85. The second-order valence-electron chi connectivity index (χ2n) is 5.22. The minimum absolute atomic E-state index is 0.0240. The Balaban J connectivity index is 1.71. The van der Waals surface area contributed by atoms with Gasteiger partial charge in [0.15, 0.2) is 0 Å². The second kappa shape index (κ2) is 8.01. The summed E-state index contributed by atoms with van der Waals surface area (Å²) < 4.78 is 5.97. The van der Waals surface area contributed by atoms with Gasteiger partial charge in [-0.15, -0.1) is 11.3 Å². The Morgan fingerprint density at radius 1 is 1.50 bits per heavy atom. The zero-order chi connectivity index (χ0) is 14.4. The number of halogens is 1. The van der Waals surface area contributed by atoms with Gasteiger partial charge in [0, 0.05) is 17.5 Å². The zero-order valence-corrected chi connectivity index (χ0v) is 13.4. The van der Waals surface area contributed by atoms with Crippen molar-refractivity contribution < 1.29 is 9.53 Å². The molecule has 3 nitrogen and oxygen atoms in total. The molecule has 1 saturated carbocycles. The molecule has 1 aliphatic carbocycles. The Labute approximate surface area is 129 Å². The highest BCUT2D eigenvalue weighted by Crippen LogP contribution is 2.26. The SMILES string of the molecule is CCOC(=O)C1CCCC(NCCc2ccc(Cl)s2)C1. The van der Waals surface area contributed by atoms with Crippen LogP contribution in [0.2, 0.25) is 4.34 Å². The summed E-state index contributed by atoms with van der Waals surface area (Å²) >= 11 is 7.56. The summed E-state index contributed by atoms with van der Waals surface area (Å²) in [5, 5.41) is 3.56. The van der Waals surface area contributed by atoms with E-state index in [1.54, 1.807) is 11.3 Å². The van der Waals surface area contributed by atoms with E-state index in [-0.39, 0.29) is 11.9 Å². The summed E-state index contributed by atoms with van der Waals surface area (Å²) in [6.07, 6.45) is 5.13. The van der Waals surface area contributed by atoms with E-state index >= 15 is 0 Å². The fourth-order valence-corrected chi connectivity index (χ4v) is 3.82. The first-order chi connectivity index (χ1) is 9.69. The molecule has 0 spiro atoms. The molecule has 1 N–H and O–H groups in total. The van der Waals surface area contributed by atoms with Crippen molar-refractivity contribution in [1.29, 1.82) is 0 Å². The van der Waals surface area contributed by atoms with E-state index in [4.69, 9.17) is 16.3 Å². The maximum absolute atomic E-state index is 11.8. The van der Waals surface area contributed by atoms with Crippen LogP contribution in [0.4, 0.5) is 0 Å². The Morgan fingerprint density at radius 3 is 3.05 bits per heavy atom. The van der Waals surface area contributed by atoms with Crippen molar-refractivity contribution in [3.05, 3.63) is 21.3 Å². The van der Waals surface area contributed by atoms with Crippen LogP contribution in [0.3, 0.4) is 0 Å². The molecule has 0 saturated heterocycles. The summed E-state index contributed by atoms with van der Waals surface area (Å²) in [5.74, 6) is 0.0569. The van der Waals surface area contributed by atoms with E-state index in [1.165, 1.54) is 4.88 Å². The largest absolute Gasteiger partial charge is 0.466 e. The van der Waals surface area contributed by atoms with Gasteiger partial charge in [-0.3, -0.25) is 4.79 Å². The summed E-state index contributed by atoms with van der Waals surface area (Å²) in [5.41, 5.74) is 0. The van der Waals surface area contributed by atoms with Crippen molar-refractivity contribution in [3.8, 4) is 0 Å². The lowest BCUT2D eigenvalue weighted by molar-refractivity contribution is -0.149. The smallest absolute Gasteiger partial charge is 0.308 e. The van der Waals surface area contributed by atoms with E-state index < -0.39 is 0 Å². The van der Waals surface area contributed by atoms with Crippen LogP contribution in [-0.4, -0.2) is 25.2 Å². The molecule has 1 aromatic heterocycles. The van der Waals surface area contributed by atoms with Crippen LogP contribution in [0.15, 0.2) is 12.1 Å². The maximum atomic E-state index is 11.8. The topological polar surface area (TPSA) is 38.3 Å². The first-order valence-corrected chi connectivity index (χ1v) is 8.52. The molecule has 1 aliphatic rings. The zero-order valence-electron chi connectivity index (χ0n) is 11.9. The quantitative estimate of drug-likeness (QED) is 0.814. The van der Waals surface area contributed by atoms with E-state index in [0.717, 1.165) is 43.0 Å². The fraction of sp³-hybridized carbons (Fsp3) is 0.667. The van der Waals surface area contributed by atoms with E-state index in [2.05, 4.69) is 11.4 Å². The van der Waals surface area contributed by atoms with E-state index in [1.807, 2.05) is 13.0 Å². The van der Waals surface area contributed by atoms with Crippen LogP contribution in [0.25, 0.3) is 0 Å². The third-order valence-electron chi connectivity index (χ3n) is 3.73. The lowest BCUT2D eigenvalue weighted by atomic mass is 9.85. The van der Waals surface area contributed by atoms with Crippen molar-refractivity contribution in [2.75, 3.05) is 13.2 Å². The first kappa shape index (κ1) is 15.8. The number of carbonyl (C=O) groups excluding carboxylic acids is 1. The Hall–Kier alpha value is -0.580. The van der Waals surface area contributed by atoms with Gasteiger partial charge in [-0.1, -0.05) is 18.0 Å². The van der Waals surface area contributed by atoms with Crippen molar-refractivity contribution in [1.82, 2.24) is 5.32 Å². The molecule has 112 valence electrons. The highest BCUT2D eigenvalue weighted by molar-refractivity contribution is 7.16. The van der Waals surface area contributed by atoms with Crippen LogP contribution >= 0.6 is 22.9 Å². The molecule has 0 aromatic carbocycles. The Kier molecular flexibility index (Phi) is 6.33. The molecule has 1 aromatic rings. The first-order valence-electron chi connectivity index (χ1n) is 7.33. The molecule has 0 radical (unpaired) electrons. The molecular formula is C15H22ClNO2S. The van der Waals surface area contributed by atoms with Gasteiger partial charge in [0.05, 0.1) is 16.9 Å². The van der Waals surface area contributed by atoms with Gasteiger partial charge < -0.3 is 10.1 Å². The lowest BCUT2D eigenvalue weighted by Crippen LogP contribution is -2.37. The molecule has 0 bridgehead atoms. The van der Waals surface area contributed by atoms with Crippen LogP contribution < -0.4 is 5.32 Å². The number of hydrogen-bond donors (Lipinski definition) is 1. The summed E-state index contributed by atoms with van der Waals surface area (Å²) in [4.78, 5) is 13.1. The standard InChI is InChI=1S/C15H22ClNO2S/c1-2-19-15(18)11-4-3-5-12(10-11)17-9-8-13-6-7-14(16)20-13/h6-7,11-12,17H,2-5,8-10H2,1H3. The minimum atomic E-state index is -0.0240. The number of carbonyl (C=O) groups is 1. The molecule has 5 heteroatoms. The number of rotatable bonds is 6. The number of esters is 1. The molecule has 0 amide bonds. The molecule has 1 heterocycles. The van der Waals surface area contributed by atoms with Crippen LogP contribution in [0.5, 0.6) is 0 Å². The molecule has 0 aliphatic heterocycles. The van der Waals surface area contributed by atoms with Gasteiger partial charge in [-0.05, 0) is 44.7 Å². The number of nitrogens with one attached hydrogen (secondary N) is 1. The Bertz CT molecular complexity index is 435. The molecule has 1 fully saturated rings. The maximum Gasteiger partial charge on any atom is 0.308 e. The highest BCUT2D eigenvalue weighted by Gasteiger charge is 2.27. The Morgan fingerprint density at radius 2 is 2.35 bits per heavy atom. The van der Waals surface area contributed by atoms with E-state index in [9.17, 15) is 4.79 Å². The summed E-state index contributed by atoms with van der Waals surface area (Å²) in [7, 11) is 0. The highest BCUT2D eigenvalue weighted by atomic mass is 35.5. The molecular weight excluding hydrogens is 294 g/mol. The minimum Gasteiger partial charge on any atom is -0.466 e. The molecule has 2 rings (SSSR count). The van der Waals surface area contributed by atoms with Crippen molar-refractivity contribution in [2.24, 2.45) is 5.92 Å². The summed E-state index contributed by atoms with van der Waals surface area (Å²) in [6.45, 7) is 3.28. The predicted molar refractivity (Wildman–Crippen MR) is 83.4 cm³/mol. The second-order valence-corrected chi connectivity index (χ2v) is 7.02. The number of ether oxygens (including phenoxy) is 1. The van der Waals surface area contributed by atoms with Gasteiger partial charge in [-0.25, -0.2) is 0 Å². The van der Waals surface area contributed by atoms with Crippen LogP contribution in [0, 0.1) is 5.92 Å². The fourth-order valence-electron chi connectivity index (χ4n) is 2.73. The third-order valence-corrected chi connectivity index (χ3v) is 5.02. The molecule has 2 unspecified atom stereocenters. The van der Waals surface area contributed by atoms with Crippen molar-refractivity contribution in [2.45, 2.75) is 45.1 Å². The molecule has 20 heavy (non-hydrogen) atoms. The average molecular weight is 316 g/mol. The van der Waals surface area contributed by atoms with E-state index in [0.29, 0.717) is 12.6 Å². The summed E-state index contributed by atoms with van der Waals surface area (Å²) in [6, 6.07) is 4.46. The van der Waals surface area contributed by atoms with Gasteiger partial charge >= 0.3 is 5.97 Å². The number of hydrogen-bond acceptors (Lipinski definition) is 4. The molecule has 2 atom stereocenters. The van der Waals surface area contributed by atoms with Gasteiger partial charge in [0.2, 0.25) is 0 Å². The van der Waals surface area contributed by atoms with Crippen molar-refractivity contribution in [3.63, 3.8) is 0 Å². The lowest BCUT2D eigenvalue weighted by Gasteiger charge is -2.28. The van der Waals surface area contributed by atoms with Crippen molar-refractivity contribution >= 4 is 28.9 Å². The van der Waals surface area contributed by atoms with Gasteiger partial charge in [0.1, 0.15) is 0 Å².